The first kappa shape index (κ1) is 34.9. The van der Waals surface area contributed by atoms with E-state index < -0.39 is 20.1 Å². The maximum Gasteiger partial charge on any atom is 0.259 e. The van der Waals surface area contributed by atoms with Crippen molar-refractivity contribution in [1.29, 1.82) is 5.26 Å². The van der Waals surface area contributed by atoms with Crippen LogP contribution in [0, 0.1) is 11.3 Å². The van der Waals surface area contributed by atoms with Crippen LogP contribution in [0.5, 0.6) is 11.5 Å². The van der Waals surface area contributed by atoms with E-state index in [9.17, 15) is 0 Å². The fraction of sp³-hybridized carbons (Fsp3) is 0.457. The number of ether oxygens (including phenoxy) is 3. The SMILES string of the molecule is [B]C1CC(NC(c2ccccc2)(c2ccc(OC)cc2)c2ccc(OC)cc2)C(COP(OCCC#N)N(C(C)C)C(C)C)O1. The normalized spacial score (nSPS) is 19.2. The molecule has 4 atom stereocenters. The minimum Gasteiger partial charge on any atom is -0.497 e. The molecule has 3 aromatic carbocycles. The lowest BCUT2D eigenvalue weighted by Crippen LogP contribution is -2.53. The molecule has 1 saturated heterocycles. The number of hydrogen-bond donors (Lipinski definition) is 1. The van der Waals surface area contributed by atoms with Gasteiger partial charge in [-0.1, -0.05) is 54.6 Å². The van der Waals surface area contributed by atoms with Crippen LogP contribution in [0.15, 0.2) is 78.9 Å². The smallest absolute Gasteiger partial charge is 0.259 e. The van der Waals surface area contributed by atoms with Crippen LogP contribution in [-0.2, 0) is 19.3 Å². The largest absolute Gasteiger partial charge is 0.497 e. The molecule has 45 heavy (non-hydrogen) atoms. The molecular weight excluding hydrogens is 584 g/mol. The van der Waals surface area contributed by atoms with Gasteiger partial charge in [0.25, 0.3) is 8.53 Å². The second kappa shape index (κ2) is 16.6. The maximum absolute atomic E-state index is 9.12. The first-order valence-corrected chi connectivity index (χ1v) is 16.6. The summed E-state index contributed by atoms with van der Waals surface area (Å²) in [5.41, 5.74) is 2.36. The Kier molecular flexibility index (Phi) is 12.8. The summed E-state index contributed by atoms with van der Waals surface area (Å²) in [7, 11) is 8.37. The maximum atomic E-state index is 9.12. The van der Waals surface area contributed by atoms with Gasteiger partial charge in [0.1, 0.15) is 19.3 Å². The number of nitrogens with zero attached hydrogens (tertiary/aromatic N) is 2. The third kappa shape index (κ3) is 8.45. The van der Waals surface area contributed by atoms with E-state index in [1.165, 1.54) is 0 Å². The third-order valence-electron chi connectivity index (χ3n) is 7.95. The average molecular weight is 630 g/mol. The van der Waals surface area contributed by atoms with Crippen molar-refractivity contribution in [3.63, 3.8) is 0 Å². The van der Waals surface area contributed by atoms with Gasteiger partial charge in [-0.05, 0) is 75.1 Å². The van der Waals surface area contributed by atoms with Gasteiger partial charge in [-0.15, -0.1) is 0 Å². The van der Waals surface area contributed by atoms with Gasteiger partial charge in [-0.25, -0.2) is 4.67 Å². The predicted molar refractivity (Wildman–Crippen MR) is 179 cm³/mol. The molecule has 8 nitrogen and oxygen atoms in total. The molecule has 1 heterocycles. The van der Waals surface area contributed by atoms with Crippen molar-refractivity contribution < 1.29 is 23.3 Å². The van der Waals surface area contributed by atoms with Crippen LogP contribution in [-0.4, -0.2) is 70.2 Å². The van der Waals surface area contributed by atoms with Gasteiger partial charge in [0.15, 0.2) is 0 Å². The van der Waals surface area contributed by atoms with Crippen LogP contribution in [0.1, 0.15) is 57.2 Å². The van der Waals surface area contributed by atoms with E-state index in [-0.39, 0.29) is 30.8 Å². The van der Waals surface area contributed by atoms with Gasteiger partial charge in [-0.3, -0.25) is 5.32 Å². The van der Waals surface area contributed by atoms with Crippen LogP contribution in [0.3, 0.4) is 0 Å². The van der Waals surface area contributed by atoms with Gasteiger partial charge in [0.05, 0.1) is 51.6 Å². The molecule has 0 saturated carbocycles. The Balaban J connectivity index is 1.74. The van der Waals surface area contributed by atoms with E-state index in [1.807, 2.05) is 30.3 Å². The van der Waals surface area contributed by atoms with E-state index in [0.717, 1.165) is 28.2 Å². The minimum atomic E-state index is -1.43. The topological polar surface area (TPSA) is 85.2 Å². The van der Waals surface area contributed by atoms with Gasteiger partial charge in [0.2, 0.25) is 0 Å². The summed E-state index contributed by atoms with van der Waals surface area (Å²) in [4.78, 5) is 0. The quantitative estimate of drug-likeness (QED) is 0.0829. The first-order chi connectivity index (χ1) is 21.7. The lowest BCUT2D eigenvalue weighted by atomic mass is 9.76. The molecule has 10 heteroatoms. The van der Waals surface area contributed by atoms with Crippen LogP contribution in [0.2, 0.25) is 0 Å². The molecule has 238 valence electrons. The molecule has 0 aliphatic carbocycles. The molecule has 1 N–H and O–H groups in total. The highest BCUT2D eigenvalue weighted by molar-refractivity contribution is 7.44. The van der Waals surface area contributed by atoms with Crippen molar-refractivity contribution in [3.05, 3.63) is 95.6 Å². The second-order valence-electron chi connectivity index (χ2n) is 11.6. The highest BCUT2D eigenvalue weighted by Crippen LogP contribution is 2.47. The Bertz CT molecular complexity index is 1300. The van der Waals surface area contributed by atoms with Crippen LogP contribution >= 0.6 is 8.53 Å². The second-order valence-corrected chi connectivity index (χ2v) is 13.1. The van der Waals surface area contributed by atoms with Gasteiger partial charge in [-0.2, -0.15) is 5.26 Å². The highest BCUT2D eigenvalue weighted by Gasteiger charge is 2.44. The molecule has 0 amide bonds. The molecule has 1 aliphatic heterocycles. The molecular formula is C35H45BN3O5P. The Hall–Kier alpha value is -2.96. The fourth-order valence-corrected chi connectivity index (χ4v) is 7.55. The summed E-state index contributed by atoms with van der Waals surface area (Å²) in [6, 6.07) is 28.6. The average Bonchev–Trinajstić information content (AvgIpc) is 3.40. The zero-order chi connectivity index (χ0) is 32.4. The molecule has 0 bridgehead atoms. The number of nitriles is 1. The summed E-state index contributed by atoms with van der Waals surface area (Å²) in [5.74, 6) is 1.55. The Labute approximate surface area is 271 Å². The Morgan fingerprint density at radius 3 is 1.91 bits per heavy atom. The zero-order valence-corrected chi connectivity index (χ0v) is 28.1. The number of hydrogen-bond acceptors (Lipinski definition) is 8. The zero-order valence-electron chi connectivity index (χ0n) is 27.2. The van der Waals surface area contributed by atoms with E-state index in [0.29, 0.717) is 19.4 Å². The Morgan fingerprint density at radius 2 is 1.42 bits per heavy atom. The highest BCUT2D eigenvalue weighted by atomic mass is 31.2. The van der Waals surface area contributed by atoms with E-state index in [4.69, 9.17) is 36.4 Å². The third-order valence-corrected chi connectivity index (χ3v) is 10.0. The molecule has 1 fully saturated rings. The lowest BCUT2D eigenvalue weighted by Gasteiger charge is -2.41. The van der Waals surface area contributed by atoms with Crippen molar-refractivity contribution in [2.45, 2.75) is 76.3 Å². The van der Waals surface area contributed by atoms with Crippen molar-refractivity contribution >= 4 is 16.4 Å². The summed E-state index contributed by atoms with van der Waals surface area (Å²) in [6.45, 7) is 9.06. The first-order valence-electron chi connectivity index (χ1n) is 15.5. The minimum absolute atomic E-state index is 0.174. The van der Waals surface area contributed by atoms with E-state index in [2.05, 4.69) is 92.3 Å². The molecule has 4 rings (SSSR count). The number of methoxy groups -OCH3 is 2. The van der Waals surface area contributed by atoms with Crippen molar-refractivity contribution in [2.24, 2.45) is 0 Å². The lowest BCUT2D eigenvalue weighted by molar-refractivity contribution is 0.0317. The van der Waals surface area contributed by atoms with Crippen LogP contribution in [0.4, 0.5) is 0 Å². The predicted octanol–water partition coefficient (Wildman–Crippen LogP) is 6.53. The van der Waals surface area contributed by atoms with E-state index in [1.54, 1.807) is 14.2 Å². The summed E-state index contributed by atoms with van der Waals surface area (Å²) in [6.07, 6.45) is 0.524. The summed E-state index contributed by atoms with van der Waals surface area (Å²) in [5, 5.41) is 13.1. The molecule has 1 aliphatic rings. The van der Waals surface area contributed by atoms with Gasteiger partial charge >= 0.3 is 0 Å². The number of nitrogens with one attached hydrogen (secondary N) is 1. The monoisotopic (exact) mass is 629 g/mol. The Morgan fingerprint density at radius 1 is 0.889 bits per heavy atom. The molecule has 0 aromatic heterocycles. The summed E-state index contributed by atoms with van der Waals surface area (Å²) < 4.78 is 32.2. The van der Waals surface area contributed by atoms with E-state index >= 15 is 0 Å². The molecule has 0 spiro atoms. The van der Waals surface area contributed by atoms with Crippen molar-refractivity contribution in [2.75, 3.05) is 27.4 Å². The van der Waals surface area contributed by atoms with Gasteiger partial charge in [0, 0.05) is 24.1 Å². The molecule has 4 unspecified atom stereocenters. The fourth-order valence-electron chi connectivity index (χ4n) is 5.93. The van der Waals surface area contributed by atoms with Crippen molar-refractivity contribution in [3.8, 4) is 17.6 Å². The summed E-state index contributed by atoms with van der Waals surface area (Å²) >= 11 is 0. The number of benzene rings is 3. The van der Waals surface area contributed by atoms with Gasteiger partial charge < -0.3 is 23.3 Å². The molecule has 3 aromatic rings. The standard InChI is InChI=1S/C35H45BN3O5P/c1-25(2)39(26(3)4)45(42-22-10-21-37)43-24-33-32(23-34(36)44-33)38-35(27-11-8-7-9-12-27,28-13-17-30(40-5)18-14-28)29-15-19-31(41-6)20-16-29/h7-9,11-20,25-26,32-34,38H,10,22-24H2,1-6H3. The number of rotatable bonds is 16. The van der Waals surface area contributed by atoms with Crippen molar-refractivity contribution in [1.82, 2.24) is 9.99 Å². The van der Waals surface area contributed by atoms with Crippen LogP contribution < -0.4 is 14.8 Å². The van der Waals surface area contributed by atoms with Crippen LogP contribution in [0.25, 0.3) is 0 Å². The molecule has 2 radical (unpaired) electrons.